The molecule has 0 heterocycles. The summed E-state index contributed by atoms with van der Waals surface area (Å²) in [6.07, 6.45) is 12.5. The van der Waals surface area contributed by atoms with Gasteiger partial charge in [-0.2, -0.15) is 5.26 Å². The third-order valence-corrected chi connectivity index (χ3v) is 6.79. The molecule has 0 radical (unpaired) electrons. The van der Waals surface area contributed by atoms with Crippen LogP contribution >= 0.6 is 0 Å². The Bertz CT molecular complexity index is 742. The molecule has 0 aromatic heterocycles. The molecule has 1 saturated carbocycles. The molecule has 2 aromatic rings. The summed E-state index contributed by atoms with van der Waals surface area (Å²) in [6.45, 7) is 4.69. The Hall–Kier alpha value is -2.07. The largest absolute Gasteiger partial charge is 0.192 e. The van der Waals surface area contributed by atoms with E-state index in [0.717, 1.165) is 23.3 Å². The number of nitriles is 1. The summed E-state index contributed by atoms with van der Waals surface area (Å²) in [5.41, 5.74) is 4.65. The van der Waals surface area contributed by atoms with Gasteiger partial charge in [0.05, 0.1) is 11.6 Å². The van der Waals surface area contributed by atoms with Gasteiger partial charge in [0.1, 0.15) is 0 Å². The second-order valence-corrected chi connectivity index (χ2v) is 8.68. The Balaban J connectivity index is 1.53. The molecule has 148 valence electrons. The Morgan fingerprint density at radius 1 is 0.893 bits per heavy atom. The standard InChI is InChI=1S/C27H35N/c1-3-5-6-21(4-2)19-22-7-11-24(12-8-22)26-15-17-27(18-16-26)25-13-9-23(20-28)10-14-25/h9-10,13-18,21-22,24H,3-8,11-12,19H2,1-2H3. The lowest BCUT2D eigenvalue weighted by molar-refractivity contribution is 0.256. The summed E-state index contributed by atoms with van der Waals surface area (Å²) in [5.74, 6) is 2.64. The minimum Gasteiger partial charge on any atom is -0.192 e. The molecular formula is C27H35N. The Morgan fingerprint density at radius 2 is 1.50 bits per heavy atom. The number of nitrogens with zero attached hydrogens (tertiary/aromatic N) is 1. The molecule has 1 nitrogen and oxygen atoms in total. The van der Waals surface area contributed by atoms with E-state index in [4.69, 9.17) is 5.26 Å². The van der Waals surface area contributed by atoms with E-state index in [2.05, 4.69) is 44.2 Å². The van der Waals surface area contributed by atoms with Gasteiger partial charge in [0.15, 0.2) is 0 Å². The molecule has 0 saturated heterocycles. The molecule has 1 atom stereocenters. The van der Waals surface area contributed by atoms with Gasteiger partial charge in [-0.25, -0.2) is 0 Å². The number of benzene rings is 2. The van der Waals surface area contributed by atoms with Crippen LogP contribution in [0, 0.1) is 23.2 Å². The van der Waals surface area contributed by atoms with Gasteiger partial charge in [0, 0.05) is 0 Å². The molecule has 1 unspecified atom stereocenters. The quantitative estimate of drug-likeness (QED) is 0.458. The Labute approximate surface area is 171 Å². The molecule has 0 spiro atoms. The van der Waals surface area contributed by atoms with E-state index in [1.54, 1.807) is 0 Å². The average Bonchev–Trinajstić information content (AvgIpc) is 2.77. The van der Waals surface area contributed by atoms with Gasteiger partial charge in [0.25, 0.3) is 0 Å². The third kappa shape index (κ3) is 5.48. The van der Waals surface area contributed by atoms with E-state index in [-0.39, 0.29) is 0 Å². The molecule has 0 aliphatic heterocycles. The molecule has 1 fully saturated rings. The lowest BCUT2D eigenvalue weighted by Crippen LogP contribution is -2.16. The van der Waals surface area contributed by atoms with Crippen LogP contribution in [0.3, 0.4) is 0 Å². The minimum absolute atomic E-state index is 0.720. The molecule has 3 rings (SSSR count). The SMILES string of the molecule is CCCCC(CC)CC1CCC(c2ccc(-c3ccc(C#N)cc3)cc2)CC1. The monoisotopic (exact) mass is 373 g/mol. The summed E-state index contributed by atoms with van der Waals surface area (Å²) in [4.78, 5) is 0. The summed E-state index contributed by atoms with van der Waals surface area (Å²) in [6, 6.07) is 19.2. The zero-order valence-electron chi connectivity index (χ0n) is 17.7. The maximum absolute atomic E-state index is 8.95. The molecular weight excluding hydrogens is 338 g/mol. The highest BCUT2D eigenvalue weighted by atomic mass is 14.3. The van der Waals surface area contributed by atoms with Crippen LogP contribution < -0.4 is 0 Å². The second kappa shape index (κ2) is 10.5. The average molecular weight is 374 g/mol. The van der Waals surface area contributed by atoms with Gasteiger partial charge in [-0.15, -0.1) is 0 Å². The highest BCUT2D eigenvalue weighted by Gasteiger charge is 2.24. The lowest BCUT2D eigenvalue weighted by Gasteiger charge is -2.31. The van der Waals surface area contributed by atoms with Crippen LogP contribution in [-0.2, 0) is 0 Å². The number of hydrogen-bond acceptors (Lipinski definition) is 1. The van der Waals surface area contributed by atoms with Crippen molar-refractivity contribution in [2.24, 2.45) is 11.8 Å². The van der Waals surface area contributed by atoms with E-state index < -0.39 is 0 Å². The van der Waals surface area contributed by atoms with E-state index in [1.807, 2.05) is 24.3 Å². The molecule has 28 heavy (non-hydrogen) atoms. The fourth-order valence-corrected chi connectivity index (χ4v) is 4.87. The topological polar surface area (TPSA) is 23.8 Å². The van der Waals surface area contributed by atoms with Crippen molar-refractivity contribution in [2.45, 2.75) is 77.6 Å². The van der Waals surface area contributed by atoms with Gasteiger partial charge >= 0.3 is 0 Å². The smallest absolute Gasteiger partial charge is 0.0991 e. The molecule has 1 aliphatic carbocycles. The molecule has 1 aliphatic rings. The summed E-state index contributed by atoms with van der Waals surface area (Å²) >= 11 is 0. The summed E-state index contributed by atoms with van der Waals surface area (Å²) < 4.78 is 0. The van der Waals surface area contributed by atoms with Crippen LogP contribution in [-0.4, -0.2) is 0 Å². The first-order chi connectivity index (χ1) is 13.7. The van der Waals surface area contributed by atoms with Crippen molar-refractivity contribution in [3.8, 4) is 17.2 Å². The molecule has 1 heteroatoms. The third-order valence-electron chi connectivity index (χ3n) is 6.79. The van der Waals surface area contributed by atoms with Gasteiger partial charge in [0.2, 0.25) is 0 Å². The van der Waals surface area contributed by atoms with E-state index in [1.165, 1.54) is 74.5 Å². The maximum atomic E-state index is 8.95. The van der Waals surface area contributed by atoms with Crippen LogP contribution in [0.4, 0.5) is 0 Å². The zero-order chi connectivity index (χ0) is 19.8. The molecule has 2 aromatic carbocycles. The van der Waals surface area contributed by atoms with E-state index in [0.29, 0.717) is 0 Å². The van der Waals surface area contributed by atoms with Crippen molar-refractivity contribution in [1.29, 1.82) is 5.26 Å². The van der Waals surface area contributed by atoms with Crippen LogP contribution in [0.2, 0.25) is 0 Å². The predicted octanol–water partition coefficient (Wildman–Crippen LogP) is 8.11. The Morgan fingerprint density at radius 3 is 2.04 bits per heavy atom. The Kier molecular flexibility index (Phi) is 7.72. The zero-order valence-corrected chi connectivity index (χ0v) is 17.7. The van der Waals surface area contributed by atoms with Crippen molar-refractivity contribution in [2.75, 3.05) is 0 Å². The fraction of sp³-hybridized carbons (Fsp3) is 0.519. The van der Waals surface area contributed by atoms with Gasteiger partial charge in [-0.1, -0.05) is 75.9 Å². The van der Waals surface area contributed by atoms with Crippen LogP contribution in [0.5, 0.6) is 0 Å². The minimum atomic E-state index is 0.720. The first-order valence-corrected chi connectivity index (χ1v) is 11.3. The maximum Gasteiger partial charge on any atom is 0.0991 e. The number of hydrogen-bond donors (Lipinski definition) is 0. The molecule has 0 N–H and O–H groups in total. The number of rotatable bonds is 8. The summed E-state index contributed by atoms with van der Waals surface area (Å²) in [5, 5.41) is 8.95. The van der Waals surface area contributed by atoms with Gasteiger partial charge in [-0.3, -0.25) is 0 Å². The van der Waals surface area contributed by atoms with E-state index in [9.17, 15) is 0 Å². The van der Waals surface area contributed by atoms with Crippen LogP contribution in [0.25, 0.3) is 11.1 Å². The first-order valence-electron chi connectivity index (χ1n) is 11.3. The predicted molar refractivity (Wildman–Crippen MR) is 119 cm³/mol. The highest BCUT2D eigenvalue weighted by Crippen LogP contribution is 2.39. The summed E-state index contributed by atoms with van der Waals surface area (Å²) in [7, 11) is 0. The normalized spacial score (nSPS) is 20.5. The fourth-order valence-electron chi connectivity index (χ4n) is 4.87. The van der Waals surface area contributed by atoms with Crippen molar-refractivity contribution in [3.05, 3.63) is 59.7 Å². The van der Waals surface area contributed by atoms with Crippen molar-refractivity contribution in [1.82, 2.24) is 0 Å². The van der Waals surface area contributed by atoms with Gasteiger partial charge < -0.3 is 0 Å². The van der Waals surface area contributed by atoms with Crippen molar-refractivity contribution in [3.63, 3.8) is 0 Å². The highest BCUT2D eigenvalue weighted by molar-refractivity contribution is 5.64. The lowest BCUT2D eigenvalue weighted by atomic mass is 9.74. The van der Waals surface area contributed by atoms with E-state index >= 15 is 0 Å². The van der Waals surface area contributed by atoms with Crippen molar-refractivity contribution < 1.29 is 0 Å². The molecule has 0 bridgehead atoms. The van der Waals surface area contributed by atoms with Crippen LogP contribution in [0.15, 0.2) is 48.5 Å². The van der Waals surface area contributed by atoms with Gasteiger partial charge in [-0.05, 0) is 78.7 Å². The first kappa shape index (κ1) is 20.7. The van der Waals surface area contributed by atoms with Crippen molar-refractivity contribution >= 4 is 0 Å². The molecule has 0 amide bonds. The van der Waals surface area contributed by atoms with Crippen LogP contribution in [0.1, 0.15) is 88.7 Å². The second-order valence-electron chi connectivity index (χ2n) is 8.68. The number of unbranched alkanes of at least 4 members (excludes halogenated alkanes) is 1.